The van der Waals surface area contributed by atoms with Crippen molar-refractivity contribution in [2.75, 3.05) is 50.0 Å². The molecule has 0 saturated carbocycles. The molecular weight excluding hydrogens is 505 g/mol. The molecule has 196 valence electrons. The van der Waals surface area contributed by atoms with Crippen LogP contribution in [-0.2, 0) is 14.8 Å². The van der Waals surface area contributed by atoms with Gasteiger partial charge in [0.05, 0.1) is 36.2 Å². The second kappa shape index (κ2) is 11.3. The monoisotopic (exact) mass is 536 g/mol. The first-order valence-corrected chi connectivity index (χ1v) is 14.1. The third kappa shape index (κ3) is 7.30. The normalized spacial score (nSPS) is 25.1. The van der Waals surface area contributed by atoms with Gasteiger partial charge in [-0.1, -0.05) is 23.8 Å². The van der Waals surface area contributed by atoms with E-state index < -0.39 is 28.4 Å². The van der Waals surface area contributed by atoms with Crippen molar-refractivity contribution in [1.82, 2.24) is 14.3 Å². The highest BCUT2D eigenvalue weighted by Gasteiger charge is 2.36. The van der Waals surface area contributed by atoms with Gasteiger partial charge in [0.15, 0.2) is 0 Å². The van der Waals surface area contributed by atoms with E-state index in [2.05, 4.69) is 27.0 Å². The van der Waals surface area contributed by atoms with Crippen LogP contribution in [0, 0.1) is 23.7 Å². The molecule has 3 heterocycles. The molecule has 7 nitrogen and oxygen atoms in total. The minimum absolute atomic E-state index is 0.231. The van der Waals surface area contributed by atoms with Crippen LogP contribution in [0.15, 0.2) is 24.5 Å². The van der Waals surface area contributed by atoms with E-state index >= 15 is 0 Å². The third-order valence-electron chi connectivity index (χ3n) is 7.32. The maximum absolute atomic E-state index is 12.4. The lowest BCUT2D eigenvalue weighted by molar-refractivity contribution is -0.130. The lowest BCUT2D eigenvalue weighted by Gasteiger charge is -2.41. The van der Waals surface area contributed by atoms with E-state index in [9.17, 15) is 21.6 Å². The summed E-state index contributed by atoms with van der Waals surface area (Å²) in [5.74, 6) is 1.57. The van der Waals surface area contributed by atoms with E-state index in [1.165, 1.54) is 4.31 Å². The summed E-state index contributed by atoms with van der Waals surface area (Å²) in [6.45, 7) is 3.54. The highest BCUT2D eigenvalue weighted by atomic mass is 35.5. The number of sulfonamides is 1. The average Bonchev–Trinajstić information content (AvgIpc) is 2.81. The summed E-state index contributed by atoms with van der Waals surface area (Å²) in [6.07, 6.45) is 5.31. The molecule has 2 aliphatic heterocycles. The number of allylic oxidation sites excluding steroid dienone is 1. The van der Waals surface area contributed by atoms with Crippen LogP contribution in [0.25, 0.3) is 0 Å². The van der Waals surface area contributed by atoms with Gasteiger partial charge in [0.25, 0.3) is 0 Å². The van der Waals surface area contributed by atoms with Crippen molar-refractivity contribution in [2.45, 2.75) is 38.3 Å². The lowest BCUT2D eigenvalue weighted by atomic mass is 9.71. The summed E-state index contributed by atoms with van der Waals surface area (Å²) in [7, 11) is -3.87. The average molecular weight is 537 g/mol. The van der Waals surface area contributed by atoms with Crippen LogP contribution in [0.5, 0.6) is 0 Å². The standard InChI is InChI=1S/C23H32ClF3N4O3S/c24-20-13-28-22(29-14-20)30-8-5-18(6-9-30)21-2-1-19(21)16-34-15-17-3-10-31(11-4-17)35(32,33)12-7-23(25,26)27/h1-2,13-14,17-19,21H,3-12,15-16H2/t19-,21+/m0/s1. The molecule has 0 spiro atoms. The van der Waals surface area contributed by atoms with Crippen LogP contribution in [0.1, 0.15) is 32.1 Å². The predicted octanol–water partition coefficient (Wildman–Crippen LogP) is 4.16. The number of hydrogen-bond donors (Lipinski definition) is 0. The highest BCUT2D eigenvalue weighted by molar-refractivity contribution is 7.89. The van der Waals surface area contributed by atoms with Crippen molar-refractivity contribution in [3.05, 3.63) is 29.6 Å². The van der Waals surface area contributed by atoms with E-state index in [1.54, 1.807) is 12.4 Å². The van der Waals surface area contributed by atoms with Gasteiger partial charge in [0, 0.05) is 38.7 Å². The summed E-state index contributed by atoms with van der Waals surface area (Å²) in [6, 6.07) is 0. The van der Waals surface area contributed by atoms with E-state index in [-0.39, 0.29) is 19.0 Å². The first-order valence-electron chi connectivity index (χ1n) is 12.1. The number of hydrogen-bond acceptors (Lipinski definition) is 6. The zero-order valence-electron chi connectivity index (χ0n) is 19.5. The molecule has 35 heavy (non-hydrogen) atoms. The Morgan fingerprint density at radius 3 is 2.23 bits per heavy atom. The summed E-state index contributed by atoms with van der Waals surface area (Å²) < 4.78 is 68.7. The molecule has 2 atom stereocenters. The zero-order valence-corrected chi connectivity index (χ0v) is 21.1. The van der Waals surface area contributed by atoms with Gasteiger partial charge < -0.3 is 9.64 Å². The van der Waals surface area contributed by atoms with Crippen LogP contribution in [0.3, 0.4) is 0 Å². The van der Waals surface area contributed by atoms with Gasteiger partial charge >= 0.3 is 6.18 Å². The molecule has 0 bridgehead atoms. The molecule has 2 fully saturated rings. The Balaban J connectivity index is 1.13. The molecule has 0 radical (unpaired) electrons. The van der Waals surface area contributed by atoms with Crippen molar-refractivity contribution >= 4 is 27.6 Å². The molecule has 4 rings (SSSR count). The fraction of sp³-hybridized carbons (Fsp3) is 0.739. The maximum Gasteiger partial charge on any atom is 0.390 e. The maximum atomic E-state index is 12.4. The number of nitrogens with zero attached hydrogens (tertiary/aromatic N) is 4. The lowest BCUT2D eigenvalue weighted by Crippen LogP contribution is -2.42. The highest BCUT2D eigenvalue weighted by Crippen LogP contribution is 2.38. The van der Waals surface area contributed by atoms with E-state index in [0.717, 1.165) is 31.9 Å². The van der Waals surface area contributed by atoms with Crippen LogP contribution in [0.2, 0.25) is 5.02 Å². The number of rotatable bonds is 9. The molecule has 0 aromatic carbocycles. The van der Waals surface area contributed by atoms with Crippen molar-refractivity contribution in [2.24, 2.45) is 23.7 Å². The molecule has 0 amide bonds. The van der Waals surface area contributed by atoms with Gasteiger partial charge in [-0.15, -0.1) is 0 Å². The number of ether oxygens (including phenoxy) is 1. The molecule has 1 aromatic heterocycles. The Kier molecular flexibility index (Phi) is 8.61. The number of piperidine rings is 2. The molecule has 3 aliphatic rings. The minimum atomic E-state index is -4.46. The minimum Gasteiger partial charge on any atom is -0.381 e. The topological polar surface area (TPSA) is 75.6 Å². The third-order valence-corrected chi connectivity index (χ3v) is 9.39. The molecule has 2 saturated heterocycles. The van der Waals surface area contributed by atoms with Gasteiger partial charge in [-0.2, -0.15) is 13.2 Å². The first-order chi connectivity index (χ1) is 16.6. The van der Waals surface area contributed by atoms with Crippen LogP contribution in [0.4, 0.5) is 19.1 Å². The first kappa shape index (κ1) is 26.6. The second-order valence-electron chi connectivity index (χ2n) is 9.71. The number of alkyl halides is 3. The van der Waals surface area contributed by atoms with Gasteiger partial charge in [-0.25, -0.2) is 22.7 Å². The Hall–Kier alpha value is -1.43. The second-order valence-corrected chi connectivity index (χ2v) is 12.2. The molecular formula is C23H32ClF3N4O3S. The summed E-state index contributed by atoms with van der Waals surface area (Å²) >= 11 is 5.88. The van der Waals surface area contributed by atoms with Crippen molar-refractivity contribution in [3.8, 4) is 0 Å². The molecule has 0 unspecified atom stereocenters. The van der Waals surface area contributed by atoms with Crippen LogP contribution < -0.4 is 4.90 Å². The Morgan fingerprint density at radius 1 is 1.00 bits per heavy atom. The smallest absolute Gasteiger partial charge is 0.381 e. The van der Waals surface area contributed by atoms with Crippen molar-refractivity contribution in [1.29, 1.82) is 0 Å². The predicted molar refractivity (Wildman–Crippen MR) is 128 cm³/mol. The summed E-state index contributed by atoms with van der Waals surface area (Å²) in [5.41, 5.74) is 0. The summed E-state index contributed by atoms with van der Waals surface area (Å²) in [4.78, 5) is 10.8. The van der Waals surface area contributed by atoms with E-state index in [0.29, 0.717) is 48.8 Å². The molecule has 0 N–H and O–H groups in total. The molecule has 1 aromatic rings. The fourth-order valence-electron chi connectivity index (χ4n) is 5.12. The Bertz CT molecular complexity index is 961. The van der Waals surface area contributed by atoms with Gasteiger partial charge in [0.1, 0.15) is 0 Å². The Morgan fingerprint density at radius 2 is 1.66 bits per heavy atom. The number of halogens is 4. The Labute approximate surface area is 209 Å². The largest absolute Gasteiger partial charge is 0.390 e. The molecule has 1 aliphatic carbocycles. The van der Waals surface area contributed by atoms with Crippen LogP contribution >= 0.6 is 11.6 Å². The summed E-state index contributed by atoms with van der Waals surface area (Å²) in [5, 5.41) is 0.530. The van der Waals surface area contributed by atoms with Gasteiger partial charge in [-0.3, -0.25) is 0 Å². The quantitative estimate of drug-likeness (QED) is 0.441. The van der Waals surface area contributed by atoms with E-state index in [1.807, 2.05) is 0 Å². The van der Waals surface area contributed by atoms with Crippen molar-refractivity contribution in [3.63, 3.8) is 0 Å². The van der Waals surface area contributed by atoms with Crippen LogP contribution in [-0.4, -0.2) is 74.0 Å². The van der Waals surface area contributed by atoms with Crippen molar-refractivity contribution < 1.29 is 26.3 Å². The SMILES string of the molecule is O=S(=O)(CCC(F)(F)F)N1CCC(COC[C@@H]2C=C[C@@H]2C2CCN(c3ncc(Cl)cn3)CC2)CC1. The van der Waals surface area contributed by atoms with E-state index in [4.69, 9.17) is 16.3 Å². The zero-order chi connectivity index (χ0) is 25.1. The number of anilines is 1. The number of aromatic nitrogens is 2. The van der Waals surface area contributed by atoms with Gasteiger partial charge in [0.2, 0.25) is 16.0 Å². The van der Waals surface area contributed by atoms with Gasteiger partial charge in [-0.05, 0) is 43.4 Å². The molecule has 12 heteroatoms. The fourth-order valence-corrected chi connectivity index (χ4v) is 6.73.